The Morgan fingerprint density at radius 3 is 2.66 bits per heavy atom. The Morgan fingerprint density at radius 2 is 1.95 bits per heavy atom. The van der Waals surface area contributed by atoms with Crippen molar-refractivity contribution >= 4 is 40.6 Å². The van der Waals surface area contributed by atoms with Gasteiger partial charge in [-0.15, -0.1) is 0 Å². The SMILES string of the molecule is COC(=O)CNC(=O)c1cnc(C2=CCOCC2)nc1N1CC(c2ccccc2)C(c2ccc(Cl)cc2)=N1. The van der Waals surface area contributed by atoms with E-state index in [2.05, 4.69) is 27.2 Å². The van der Waals surface area contributed by atoms with Crippen LogP contribution in [0.15, 0.2) is 72.0 Å². The molecule has 10 heteroatoms. The summed E-state index contributed by atoms with van der Waals surface area (Å²) in [4.78, 5) is 34.1. The molecule has 0 spiro atoms. The van der Waals surface area contributed by atoms with Gasteiger partial charge in [0.05, 0.1) is 32.6 Å². The van der Waals surface area contributed by atoms with Crippen molar-refractivity contribution in [3.05, 3.63) is 94.4 Å². The lowest BCUT2D eigenvalue weighted by atomic mass is 9.90. The van der Waals surface area contributed by atoms with E-state index in [4.69, 9.17) is 26.4 Å². The van der Waals surface area contributed by atoms with Gasteiger partial charge in [-0.05, 0) is 35.3 Å². The van der Waals surface area contributed by atoms with Gasteiger partial charge in [-0.3, -0.25) is 9.59 Å². The van der Waals surface area contributed by atoms with Crippen LogP contribution in [0.4, 0.5) is 5.82 Å². The molecule has 5 rings (SSSR count). The largest absolute Gasteiger partial charge is 0.468 e. The van der Waals surface area contributed by atoms with Gasteiger partial charge < -0.3 is 14.8 Å². The summed E-state index contributed by atoms with van der Waals surface area (Å²) in [6.45, 7) is 1.24. The van der Waals surface area contributed by atoms with Gasteiger partial charge in [0.15, 0.2) is 11.6 Å². The van der Waals surface area contributed by atoms with Crippen LogP contribution in [0.1, 0.15) is 39.6 Å². The van der Waals surface area contributed by atoms with E-state index >= 15 is 0 Å². The van der Waals surface area contributed by atoms with Crippen molar-refractivity contribution in [2.24, 2.45) is 5.10 Å². The zero-order valence-corrected chi connectivity index (χ0v) is 21.5. The molecular weight excluding hydrogens is 506 g/mol. The zero-order chi connectivity index (χ0) is 26.5. The predicted octanol–water partition coefficient (Wildman–Crippen LogP) is 3.84. The van der Waals surface area contributed by atoms with Crippen molar-refractivity contribution < 1.29 is 19.1 Å². The average molecular weight is 532 g/mol. The molecule has 0 bridgehead atoms. The maximum absolute atomic E-state index is 13.1. The monoisotopic (exact) mass is 531 g/mol. The molecule has 38 heavy (non-hydrogen) atoms. The number of nitrogens with zero attached hydrogens (tertiary/aromatic N) is 4. The Labute approximate surface area is 225 Å². The zero-order valence-electron chi connectivity index (χ0n) is 20.8. The van der Waals surface area contributed by atoms with Gasteiger partial charge in [0, 0.05) is 17.1 Å². The van der Waals surface area contributed by atoms with Crippen LogP contribution in [0, 0.1) is 0 Å². The number of carbonyl (C=O) groups excluding carboxylic acids is 2. The van der Waals surface area contributed by atoms with Crippen LogP contribution in [0.25, 0.3) is 5.57 Å². The minimum Gasteiger partial charge on any atom is -0.468 e. The van der Waals surface area contributed by atoms with E-state index in [1.54, 1.807) is 5.01 Å². The second-order valence-corrected chi connectivity index (χ2v) is 9.22. The van der Waals surface area contributed by atoms with Gasteiger partial charge in [-0.2, -0.15) is 5.10 Å². The van der Waals surface area contributed by atoms with E-state index in [9.17, 15) is 9.59 Å². The summed E-state index contributed by atoms with van der Waals surface area (Å²) >= 11 is 6.15. The highest BCUT2D eigenvalue weighted by Crippen LogP contribution is 2.33. The number of hydrogen-bond donors (Lipinski definition) is 1. The average Bonchev–Trinajstić information content (AvgIpc) is 3.42. The highest BCUT2D eigenvalue weighted by molar-refractivity contribution is 6.30. The first-order chi connectivity index (χ1) is 18.5. The number of amides is 1. The van der Waals surface area contributed by atoms with Gasteiger partial charge in [0.2, 0.25) is 0 Å². The molecule has 9 nitrogen and oxygen atoms in total. The number of anilines is 1. The molecule has 1 unspecified atom stereocenters. The summed E-state index contributed by atoms with van der Waals surface area (Å²) in [6, 6.07) is 17.6. The number of nitrogens with one attached hydrogen (secondary N) is 1. The predicted molar refractivity (Wildman–Crippen MR) is 144 cm³/mol. The van der Waals surface area contributed by atoms with Crippen molar-refractivity contribution in [2.75, 3.05) is 38.4 Å². The van der Waals surface area contributed by atoms with Gasteiger partial charge >= 0.3 is 5.97 Å². The van der Waals surface area contributed by atoms with Gasteiger partial charge in [-0.25, -0.2) is 15.0 Å². The number of ether oxygens (including phenoxy) is 2. The summed E-state index contributed by atoms with van der Waals surface area (Å²) in [5.74, 6) is -0.264. The fourth-order valence-electron chi connectivity index (χ4n) is 4.40. The summed E-state index contributed by atoms with van der Waals surface area (Å²) in [5.41, 5.74) is 3.99. The Hall–Kier alpha value is -4.08. The molecule has 2 aliphatic heterocycles. The number of esters is 1. The summed E-state index contributed by atoms with van der Waals surface area (Å²) in [7, 11) is 1.26. The molecule has 2 aliphatic rings. The normalized spacial score (nSPS) is 17.0. The third-order valence-electron chi connectivity index (χ3n) is 6.39. The molecular formula is C28H26ClN5O4. The first-order valence-electron chi connectivity index (χ1n) is 12.2. The van der Waals surface area contributed by atoms with E-state index in [-0.39, 0.29) is 18.0 Å². The number of rotatable bonds is 7. The number of aromatic nitrogens is 2. The van der Waals surface area contributed by atoms with Crippen LogP contribution in [0.3, 0.4) is 0 Å². The maximum Gasteiger partial charge on any atom is 0.325 e. The highest BCUT2D eigenvalue weighted by atomic mass is 35.5. The third kappa shape index (κ3) is 5.58. The van der Waals surface area contributed by atoms with Crippen molar-refractivity contribution in [3.8, 4) is 0 Å². The molecule has 1 amide bonds. The number of hydrazone groups is 1. The molecule has 0 fully saturated rings. The molecule has 0 saturated heterocycles. The Morgan fingerprint density at radius 1 is 1.16 bits per heavy atom. The molecule has 0 radical (unpaired) electrons. The smallest absolute Gasteiger partial charge is 0.325 e. The van der Waals surface area contributed by atoms with Gasteiger partial charge in [0.25, 0.3) is 5.91 Å². The number of carbonyl (C=O) groups is 2. The number of benzene rings is 2. The molecule has 1 N–H and O–H groups in total. The quantitative estimate of drug-likeness (QED) is 0.462. The summed E-state index contributed by atoms with van der Waals surface area (Å²) < 4.78 is 10.1. The van der Waals surface area contributed by atoms with Crippen molar-refractivity contribution in [2.45, 2.75) is 12.3 Å². The molecule has 2 aromatic carbocycles. The maximum atomic E-state index is 13.1. The van der Waals surface area contributed by atoms with Crippen LogP contribution < -0.4 is 10.3 Å². The van der Waals surface area contributed by atoms with E-state index in [1.807, 2.05) is 48.5 Å². The fraction of sp³-hybridized carbons (Fsp3) is 0.250. The standard InChI is InChI=1S/C28H26ClN5O4/c1-37-24(35)16-31-28(36)22-15-30-26(20-11-13-38-14-12-20)32-27(22)34-17-23(18-5-3-2-4-6-18)25(33-34)19-7-9-21(29)10-8-19/h2-11,15,23H,12-14,16-17H2,1H3,(H,31,36). The number of methoxy groups -OCH3 is 1. The third-order valence-corrected chi connectivity index (χ3v) is 6.64. The minimum absolute atomic E-state index is 0.0796. The first kappa shape index (κ1) is 25.6. The van der Waals surface area contributed by atoms with Crippen LogP contribution >= 0.6 is 11.6 Å². The van der Waals surface area contributed by atoms with Crippen LogP contribution in [-0.2, 0) is 14.3 Å². The second-order valence-electron chi connectivity index (χ2n) is 8.78. The number of hydrogen-bond acceptors (Lipinski definition) is 8. The van der Waals surface area contributed by atoms with Crippen LogP contribution in [0.5, 0.6) is 0 Å². The minimum atomic E-state index is -0.557. The molecule has 1 aromatic heterocycles. The highest BCUT2D eigenvalue weighted by Gasteiger charge is 2.33. The lowest BCUT2D eigenvalue weighted by Crippen LogP contribution is -2.32. The Kier molecular flexibility index (Phi) is 7.76. The lowest BCUT2D eigenvalue weighted by molar-refractivity contribution is -0.139. The van der Waals surface area contributed by atoms with E-state index in [0.29, 0.717) is 42.8 Å². The molecule has 1 atom stereocenters. The fourth-order valence-corrected chi connectivity index (χ4v) is 4.52. The van der Waals surface area contributed by atoms with E-state index in [1.165, 1.54) is 13.3 Å². The molecule has 3 heterocycles. The molecule has 0 aliphatic carbocycles. The van der Waals surface area contributed by atoms with Gasteiger partial charge in [-0.1, -0.05) is 60.1 Å². The van der Waals surface area contributed by atoms with Gasteiger partial charge in [0.1, 0.15) is 12.1 Å². The first-order valence-corrected chi connectivity index (χ1v) is 12.6. The topological polar surface area (TPSA) is 106 Å². The second kappa shape index (κ2) is 11.5. The number of halogens is 1. The Bertz CT molecular complexity index is 1390. The Balaban J connectivity index is 1.57. The van der Waals surface area contributed by atoms with Crippen molar-refractivity contribution in [3.63, 3.8) is 0 Å². The lowest BCUT2D eigenvalue weighted by Gasteiger charge is -2.20. The van der Waals surface area contributed by atoms with Crippen LogP contribution in [-0.4, -0.2) is 61.0 Å². The summed E-state index contributed by atoms with van der Waals surface area (Å²) in [5, 5.41) is 9.91. The van der Waals surface area contributed by atoms with Crippen molar-refractivity contribution in [1.29, 1.82) is 0 Å². The molecule has 0 saturated carbocycles. The summed E-state index contributed by atoms with van der Waals surface area (Å²) in [6.07, 6.45) is 4.09. The van der Waals surface area contributed by atoms with Crippen LogP contribution in [0.2, 0.25) is 5.02 Å². The van der Waals surface area contributed by atoms with E-state index in [0.717, 1.165) is 22.4 Å². The molecule has 3 aromatic rings. The molecule has 194 valence electrons. The van der Waals surface area contributed by atoms with E-state index < -0.39 is 11.9 Å². The van der Waals surface area contributed by atoms with Crippen molar-refractivity contribution in [1.82, 2.24) is 15.3 Å².